The van der Waals surface area contributed by atoms with Gasteiger partial charge in [0, 0.05) is 11.0 Å². The number of sulfone groups is 1. The van der Waals surface area contributed by atoms with E-state index < -0.39 is 15.4 Å². The molecule has 1 heterocycles. The van der Waals surface area contributed by atoms with Crippen molar-refractivity contribution in [2.75, 3.05) is 25.1 Å². The zero-order valence-corrected chi connectivity index (χ0v) is 15.2. The monoisotopic (exact) mass is 388 g/mol. The second kappa shape index (κ2) is 6.68. The number of nitrogens with one attached hydrogen (secondary N) is 1. The Labute approximate surface area is 140 Å². The van der Waals surface area contributed by atoms with Gasteiger partial charge in [0.25, 0.3) is 0 Å². The molecule has 0 saturated carbocycles. The summed E-state index contributed by atoms with van der Waals surface area (Å²) in [4.78, 5) is 14.0. The molecule has 0 radical (unpaired) electrons. The summed E-state index contributed by atoms with van der Waals surface area (Å²) < 4.78 is 24.1. The Balaban J connectivity index is 1.85. The average Bonchev–Trinajstić information content (AvgIpc) is 2.65. The number of benzene rings is 1. The van der Waals surface area contributed by atoms with E-state index in [4.69, 9.17) is 0 Å². The highest BCUT2D eigenvalue weighted by Gasteiger charge is 2.39. The number of halogens is 1. The van der Waals surface area contributed by atoms with Crippen LogP contribution in [0.3, 0.4) is 0 Å². The number of likely N-dealkylation sites (N-methyl/N-ethyl adjacent to an activating group) is 1. The van der Waals surface area contributed by atoms with E-state index >= 15 is 0 Å². The molecule has 1 aliphatic heterocycles. The van der Waals surface area contributed by atoms with E-state index in [0.29, 0.717) is 13.0 Å². The zero-order chi connectivity index (χ0) is 16.4. The molecule has 1 atom stereocenters. The lowest BCUT2D eigenvalue weighted by Crippen LogP contribution is -2.49. The highest BCUT2D eigenvalue weighted by Crippen LogP contribution is 2.22. The van der Waals surface area contributed by atoms with E-state index in [1.165, 1.54) is 0 Å². The van der Waals surface area contributed by atoms with Crippen molar-refractivity contribution in [1.82, 2.24) is 10.2 Å². The maximum Gasteiger partial charge on any atom is 0.234 e. The van der Waals surface area contributed by atoms with Crippen LogP contribution in [0.25, 0.3) is 0 Å². The minimum Gasteiger partial charge on any atom is -0.349 e. The molecule has 0 aliphatic carbocycles. The smallest absolute Gasteiger partial charge is 0.234 e. The number of amides is 1. The molecule has 0 spiro atoms. The quantitative estimate of drug-likeness (QED) is 0.831. The molecule has 1 fully saturated rings. The van der Waals surface area contributed by atoms with E-state index in [0.717, 1.165) is 10.0 Å². The summed E-state index contributed by atoms with van der Waals surface area (Å²) in [6.07, 6.45) is 0.484. The lowest BCUT2D eigenvalue weighted by Gasteiger charge is -2.25. The number of carbonyl (C=O) groups excluding carboxylic acids is 1. The van der Waals surface area contributed by atoms with Crippen molar-refractivity contribution in [2.24, 2.45) is 0 Å². The fraction of sp³-hybridized carbons (Fsp3) is 0.533. The fourth-order valence-corrected chi connectivity index (χ4v) is 5.05. The van der Waals surface area contributed by atoms with Crippen LogP contribution in [0.15, 0.2) is 28.7 Å². The van der Waals surface area contributed by atoms with E-state index in [2.05, 4.69) is 21.2 Å². The van der Waals surface area contributed by atoms with Gasteiger partial charge in [-0.3, -0.25) is 9.69 Å². The number of carbonyl (C=O) groups is 1. The van der Waals surface area contributed by atoms with Gasteiger partial charge in [0.05, 0.1) is 23.6 Å². The van der Waals surface area contributed by atoms with Crippen molar-refractivity contribution in [3.8, 4) is 0 Å². The maximum atomic E-state index is 12.1. The van der Waals surface area contributed by atoms with Crippen molar-refractivity contribution in [3.63, 3.8) is 0 Å². The van der Waals surface area contributed by atoms with Gasteiger partial charge in [-0.25, -0.2) is 8.42 Å². The maximum absolute atomic E-state index is 12.1. The third-order valence-electron chi connectivity index (χ3n) is 3.72. The standard InChI is InChI=1S/C15H21BrN2O3S/c1-15(7-8-22(20,21)11-15)17-14(19)10-18(2)9-12-3-5-13(16)6-4-12/h3-6H,7-11H2,1-2H3,(H,17,19)/t15-/m0/s1. The van der Waals surface area contributed by atoms with Gasteiger partial charge in [-0.05, 0) is 38.1 Å². The predicted octanol–water partition coefficient (Wildman–Crippen LogP) is 1.57. The van der Waals surface area contributed by atoms with Gasteiger partial charge in [0.1, 0.15) is 0 Å². The molecule has 2 rings (SSSR count). The van der Waals surface area contributed by atoms with Crippen LogP contribution < -0.4 is 5.32 Å². The molecular weight excluding hydrogens is 368 g/mol. The largest absolute Gasteiger partial charge is 0.349 e. The van der Waals surface area contributed by atoms with Gasteiger partial charge < -0.3 is 5.32 Å². The minimum atomic E-state index is -3.01. The van der Waals surface area contributed by atoms with Crippen molar-refractivity contribution in [1.29, 1.82) is 0 Å². The number of rotatable bonds is 5. The van der Waals surface area contributed by atoms with Gasteiger partial charge in [-0.1, -0.05) is 28.1 Å². The van der Waals surface area contributed by atoms with E-state index in [9.17, 15) is 13.2 Å². The van der Waals surface area contributed by atoms with Crippen molar-refractivity contribution in [2.45, 2.75) is 25.4 Å². The molecule has 1 saturated heterocycles. The van der Waals surface area contributed by atoms with Crippen LogP contribution in [0.5, 0.6) is 0 Å². The summed E-state index contributed by atoms with van der Waals surface area (Å²) in [5, 5.41) is 2.87. The van der Waals surface area contributed by atoms with Crippen molar-refractivity contribution in [3.05, 3.63) is 34.3 Å². The van der Waals surface area contributed by atoms with E-state index in [-0.39, 0.29) is 24.0 Å². The number of hydrogen-bond acceptors (Lipinski definition) is 4. The van der Waals surface area contributed by atoms with Crippen LogP contribution in [0.1, 0.15) is 18.9 Å². The predicted molar refractivity (Wildman–Crippen MR) is 90.3 cm³/mol. The second-order valence-corrected chi connectivity index (χ2v) is 9.35. The summed E-state index contributed by atoms with van der Waals surface area (Å²) in [5.74, 6) is 0.0416. The molecule has 22 heavy (non-hydrogen) atoms. The van der Waals surface area contributed by atoms with Crippen LogP contribution in [-0.4, -0.2) is 49.9 Å². The summed E-state index contributed by atoms with van der Waals surface area (Å²) in [5.41, 5.74) is 0.488. The highest BCUT2D eigenvalue weighted by atomic mass is 79.9. The molecule has 0 aromatic heterocycles. The Morgan fingerprint density at radius 1 is 1.36 bits per heavy atom. The van der Waals surface area contributed by atoms with Gasteiger partial charge in [-0.15, -0.1) is 0 Å². The third-order valence-corrected chi connectivity index (χ3v) is 6.16. The first-order chi connectivity index (χ1) is 10.2. The molecule has 1 aromatic rings. The van der Waals surface area contributed by atoms with Crippen LogP contribution in [0, 0.1) is 0 Å². The molecule has 0 unspecified atom stereocenters. The lowest BCUT2D eigenvalue weighted by atomic mass is 10.0. The van der Waals surface area contributed by atoms with E-state index in [1.807, 2.05) is 36.2 Å². The third kappa shape index (κ3) is 5.07. The van der Waals surface area contributed by atoms with Crippen LogP contribution in [0.4, 0.5) is 0 Å². The minimum absolute atomic E-state index is 0.0299. The Morgan fingerprint density at radius 3 is 2.55 bits per heavy atom. The summed E-state index contributed by atoms with van der Waals surface area (Å²) in [6.45, 7) is 2.70. The number of nitrogens with zero attached hydrogens (tertiary/aromatic N) is 1. The first-order valence-corrected chi connectivity index (χ1v) is 9.73. The van der Waals surface area contributed by atoms with Crippen molar-refractivity contribution < 1.29 is 13.2 Å². The second-order valence-electron chi connectivity index (χ2n) is 6.25. The fourth-order valence-electron chi connectivity index (χ4n) is 2.69. The Bertz CT molecular complexity index is 645. The molecular formula is C15H21BrN2O3S. The highest BCUT2D eigenvalue weighted by molar-refractivity contribution is 9.10. The first-order valence-electron chi connectivity index (χ1n) is 7.12. The zero-order valence-electron chi connectivity index (χ0n) is 12.8. The molecule has 1 aliphatic rings. The Hall–Kier alpha value is -0.920. The van der Waals surface area contributed by atoms with Crippen molar-refractivity contribution >= 4 is 31.7 Å². The summed E-state index contributed by atoms with van der Waals surface area (Å²) in [6, 6.07) is 7.94. The van der Waals surface area contributed by atoms with Gasteiger partial charge >= 0.3 is 0 Å². The van der Waals surface area contributed by atoms with Gasteiger partial charge in [0.2, 0.25) is 5.91 Å². The molecule has 5 nitrogen and oxygen atoms in total. The number of hydrogen-bond donors (Lipinski definition) is 1. The Kier molecular flexibility index (Phi) is 5.29. The summed E-state index contributed by atoms with van der Waals surface area (Å²) >= 11 is 3.39. The molecule has 0 bridgehead atoms. The summed E-state index contributed by atoms with van der Waals surface area (Å²) in [7, 11) is -1.14. The topological polar surface area (TPSA) is 66.5 Å². The molecule has 122 valence electrons. The van der Waals surface area contributed by atoms with Crippen LogP contribution in [-0.2, 0) is 21.2 Å². The lowest BCUT2D eigenvalue weighted by molar-refractivity contribution is -0.123. The van der Waals surface area contributed by atoms with E-state index in [1.54, 1.807) is 6.92 Å². The molecule has 1 N–H and O–H groups in total. The van der Waals surface area contributed by atoms with Gasteiger partial charge in [0.15, 0.2) is 9.84 Å². The Morgan fingerprint density at radius 2 is 2.00 bits per heavy atom. The van der Waals surface area contributed by atoms with Crippen LogP contribution >= 0.6 is 15.9 Å². The molecule has 1 aromatic carbocycles. The average molecular weight is 389 g/mol. The first kappa shape index (κ1) is 17.4. The van der Waals surface area contributed by atoms with Gasteiger partial charge in [-0.2, -0.15) is 0 Å². The molecule has 7 heteroatoms. The van der Waals surface area contributed by atoms with Crippen LogP contribution in [0.2, 0.25) is 0 Å². The molecule has 1 amide bonds. The SMILES string of the molecule is CN(CC(=O)N[C@@]1(C)CCS(=O)(=O)C1)Cc1ccc(Br)cc1. The normalized spacial score (nSPS) is 23.6.